The zero-order valence-electron chi connectivity index (χ0n) is 7.09. The van der Waals surface area contributed by atoms with Gasteiger partial charge in [-0.2, -0.15) is 0 Å². The fourth-order valence-electron chi connectivity index (χ4n) is 1.33. The van der Waals surface area contributed by atoms with Crippen LogP contribution in [0.5, 0.6) is 0 Å². The lowest BCUT2D eigenvalue weighted by Gasteiger charge is -2.32. The summed E-state index contributed by atoms with van der Waals surface area (Å²) in [5.74, 6) is 0. The molecule has 5 heteroatoms. The Morgan fingerprint density at radius 1 is 1.54 bits per heavy atom. The second-order valence-corrected chi connectivity index (χ2v) is 5.85. The van der Waals surface area contributed by atoms with Crippen molar-refractivity contribution in [1.29, 1.82) is 0 Å². The van der Waals surface area contributed by atoms with E-state index in [1.54, 1.807) is 6.08 Å². The molecular formula is C8H11O3PS. The van der Waals surface area contributed by atoms with Gasteiger partial charge in [-0.05, 0) is 11.8 Å². The molecule has 0 aromatic heterocycles. The first-order valence-electron chi connectivity index (χ1n) is 4.12. The Morgan fingerprint density at radius 3 is 3.15 bits per heavy atom. The molecule has 0 radical (unpaired) electrons. The summed E-state index contributed by atoms with van der Waals surface area (Å²) in [6.07, 6.45) is 6.43. The summed E-state index contributed by atoms with van der Waals surface area (Å²) in [7, 11) is 0. The van der Waals surface area contributed by atoms with Crippen molar-refractivity contribution in [2.75, 3.05) is 6.61 Å². The minimum Gasteiger partial charge on any atom is -0.304 e. The Bertz CT molecular complexity index is 289. The van der Waals surface area contributed by atoms with Crippen LogP contribution in [0.4, 0.5) is 0 Å². The average Bonchev–Trinajstić information content (AvgIpc) is 2.23. The van der Waals surface area contributed by atoms with E-state index in [0.29, 0.717) is 6.61 Å². The zero-order valence-corrected chi connectivity index (χ0v) is 8.80. The molecule has 13 heavy (non-hydrogen) atoms. The molecule has 3 nitrogen and oxygen atoms in total. The van der Waals surface area contributed by atoms with Gasteiger partial charge in [0.1, 0.15) is 0 Å². The molecule has 0 spiro atoms. The first-order chi connectivity index (χ1) is 6.22. The van der Waals surface area contributed by atoms with Crippen molar-refractivity contribution in [2.24, 2.45) is 0 Å². The maximum atomic E-state index is 5.51. The quantitative estimate of drug-likeness (QED) is 0.498. The first-order valence-corrected chi connectivity index (χ1v) is 6.68. The molecular weight excluding hydrogens is 207 g/mol. The molecule has 0 aliphatic carbocycles. The van der Waals surface area contributed by atoms with Gasteiger partial charge in [-0.15, -0.1) is 6.58 Å². The van der Waals surface area contributed by atoms with Crippen molar-refractivity contribution in [2.45, 2.75) is 18.6 Å². The van der Waals surface area contributed by atoms with E-state index in [0.717, 1.165) is 6.42 Å². The van der Waals surface area contributed by atoms with Gasteiger partial charge < -0.3 is 13.6 Å². The van der Waals surface area contributed by atoms with Gasteiger partial charge in [-0.3, -0.25) is 0 Å². The van der Waals surface area contributed by atoms with Gasteiger partial charge in [0.15, 0.2) is 0 Å². The molecule has 2 rings (SSSR count). The fourth-order valence-corrected chi connectivity index (χ4v) is 3.60. The maximum absolute atomic E-state index is 5.51. The van der Waals surface area contributed by atoms with E-state index < -0.39 is 6.72 Å². The minimum absolute atomic E-state index is 0.0325. The third-order valence-corrected chi connectivity index (χ3v) is 4.29. The van der Waals surface area contributed by atoms with Crippen molar-refractivity contribution >= 4 is 18.5 Å². The molecule has 0 saturated carbocycles. The lowest BCUT2D eigenvalue weighted by molar-refractivity contribution is 0.0620. The summed E-state index contributed by atoms with van der Waals surface area (Å²) >= 11 is 5.17. The fraction of sp³-hybridized carbons (Fsp3) is 0.500. The van der Waals surface area contributed by atoms with Crippen LogP contribution in [0, 0.1) is 0 Å². The normalized spacial score (nSPS) is 44.0. The molecule has 2 bridgehead atoms. The lowest BCUT2D eigenvalue weighted by Crippen LogP contribution is -2.25. The molecule has 0 N–H and O–H groups in total. The van der Waals surface area contributed by atoms with Gasteiger partial charge in [0.05, 0.1) is 18.8 Å². The van der Waals surface area contributed by atoms with E-state index in [4.69, 9.17) is 25.4 Å². The minimum atomic E-state index is -2.48. The van der Waals surface area contributed by atoms with Crippen LogP contribution >= 0.6 is 6.72 Å². The number of rotatable bonds is 1. The Labute approximate surface area is 82.6 Å². The van der Waals surface area contributed by atoms with Crippen molar-refractivity contribution in [3.8, 4) is 0 Å². The summed E-state index contributed by atoms with van der Waals surface area (Å²) in [6.45, 7) is 1.69. The lowest BCUT2D eigenvalue weighted by atomic mass is 10.1. The molecule has 2 heterocycles. The summed E-state index contributed by atoms with van der Waals surface area (Å²) < 4.78 is 16.4. The Kier molecular flexibility index (Phi) is 2.67. The van der Waals surface area contributed by atoms with Crippen LogP contribution in [-0.4, -0.2) is 18.8 Å². The third kappa shape index (κ3) is 2.09. The highest BCUT2D eigenvalue weighted by Gasteiger charge is 2.35. The highest BCUT2D eigenvalue weighted by atomic mass is 32.5. The van der Waals surface area contributed by atoms with E-state index in [9.17, 15) is 0 Å². The molecule has 3 unspecified atom stereocenters. The van der Waals surface area contributed by atoms with Crippen molar-refractivity contribution in [3.63, 3.8) is 0 Å². The van der Waals surface area contributed by atoms with Gasteiger partial charge in [0, 0.05) is 6.42 Å². The van der Waals surface area contributed by atoms with Gasteiger partial charge >= 0.3 is 6.72 Å². The van der Waals surface area contributed by atoms with Crippen LogP contribution in [0.15, 0.2) is 24.8 Å². The van der Waals surface area contributed by atoms with Gasteiger partial charge in [-0.1, -0.05) is 18.2 Å². The van der Waals surface area contributed by atoms with E-state index >= 15 is 0 Å². The number of fused-ring (bicyclic) bond motifs is 2. The highest BCUT2D eigenvalue weighted by Crippen LogP contribution is 2.56. The smallest absolute Gasteiger partial charge is 0.304 e. The molecule has 72 valence electrons. The molecule has 1 fully saturated rings. The predicted molar refractivity (Wildman–Crippen MR) is 53.9 cm³/mol. The van der Waals surface area contributed by atoms with Gasteiger partial charge in [-0.25, -0.2) is 0 Å². The standard InChI is InChI=1S/C8H11O3PS/c1-2-7-6-8-4-3-5-9-12(13,10-7)11-8/h2-4,7-8H,1,5-6H2. The van der Waals surface area contributed by atoms with Crippen molar-refractivity contribution in [1.82, 2.24) is 0 Å². The Hall–Kier alpha value is 0.01000. The summed E-state index contributed by atoms with van der Waals surface area (Å²) in [6, 6.07) is 0. The monoisotopic (exact) mass is 218 g/mol. The second kappa shape index (κ2) is 3.64. The topological polar surface area (TPSA) is 27.7 Å². The molecule has 2 aliphatic heterocycles. The van der Waals surface area contributed by atoms with E-state index in [-0.39, 0.29) is 12.2 Å². The van der Waals surface area contributed by atoms with Crippen LogP contribution in [-0.2, 0) is 25.4 Å². The van der Waals surface area contributed by atoms with Crippen LogP contribution in [0.2, 0.25) is 0 Å². The SMILES string of the molecule is C=CC1CC2C=CCOP(=S)(O1)O2. The molecule has 0 aromatic carbocycles. The first kappa shape index (κ1) is 9.56. The Balaban J connectivity index is 2.22. The van der Waals surface area contributed by atoms with Crippen LogP contribution in [0.25, 0.3) is 0 Å². The van der Waals surface area contributed by atoms with E-state index in [1.165, 1.54) is 0 Å². The zero-order chi connectivity index (χ0) is 9.31. The summed E-state index contributed by atoms with van der Waals surface area (Å²) in [5.41, 5.74) is 0. The summed E-state index contributed by atoms with van der Waals surface area (Å²) in [4.78, 5) is 0. The van der Waals surface area contributed by atoms with E-state index in [1.807, 2.05) is 12.2 Å². The van der Waals surface area contributed by atoms with Crippen LogP contribution in [0.1, 0.15) is 6.42 Å². The second-order valence-electron chi connectivity index (χ2n) is 2.93. The third-order valence-electron chi connectivity index (χ3n) is 1.94. The maximum Gasteiger partial charge on any atom is 0.328 e. The number of hydrogen-bond donors (Lipinski definition) is 0. The van der Waals surface area contributed by atoms with Crippen LogP contribution in [0.3, 0.4) is 0 Å². The molecule has 0 amide bonds. The van der Waals surface area contributed by atoms with Crippen molar-refractivity contribution in [3.05, 3.63) is 24.8 Å². The number of hydrogen-bond acceptors (Lipinski definition) is 4. The largest absolute Gasteiger partial charge is 0.328 e. The van der Waals surface area contributed by atoms with E-state index in [2.05, 4.69) is 6.58 Å². The molecule has 1 saturated heterocycles. The average molecular weight is 218 g/mol. The summed E-state index contributed by atoms with van der Waals surface area (Å²) in [5, 5.41) is 0. The molecule has 3 atom stereocenters. The van der Waals surface area contributed by atoms with Crippen LogP contribution < -0.4 is 0 Å². The Morgan fingerprint density at radius 2 is 2.38 bits per heavy atom. The van der Waals surface area contributed by atoms with Crippen molar-refractivity contribution < 1.29 is 13.6 Å². The highest BCUT2D eigenvalue weighted by molar-refractivity contribution is 8.07. The van der Waals surface area contributed by atoms with Gasteiger partial charge in [0.25, 0.3) is 0 Å². The molecule has 0 aromatic rings. The molecule has 2 aliphatic rings. The van der Waals surface area contributed by atoms with Gasteiger partial charge in [0.2, 0.25) is 0 Å². The predicted octanol–water partition coefficient (Wildman–Crippen LogP) is 2.16.